The molecule has 4 rings (SSSR count). The molecular formula is C19H13ClF2N8. The summed E-state index contributed by atoms with van der Waals surface area (Å²) < 4.78 is 28.7. The van der Waals surface area contributed by atoms with Gasteiger partial charge in [0.25, 0.3) is 5.69 Å². The van der Waals surface area contributed by atoms with E-state index in [1.165, 1.54) is 23.1 Å². The summed E-state index contributed by atoms with van der Waals surface area (Å²) in [4.78, 5) is 15.5. The number of rotatable bonds is 4. The van der Waals surface area contributed by atoms with Crippen molar-refractivity contribution in [2.75, 3.05) is 11.1 Å². The van der Waals surface area contributed by atoms with Gasteiger partial charge in [0.05, 0.1) is 24.5 Å². The summed E-state index contributed by atoms with van der Waals surface area (Å²) in [7, 11) is 0. The van der Waals surface area contributed by atoms with Crippen LogP contribution in [0.25, 0.3) is 21.7 Å². The lowest BCUT2D eigenvalue weighted by atomic mass is 10.0. The molecule has 8 nitrogen and oxygen atoms in total. The molecule has 1 atom stereocenters. The first kappa shape index (κ1) is 19.5. The van der Waals surface area contributed by atoms with Crippen molar-refractivity contribution >= 4 is 34.6 Å². The fourth-order valence-corrected chi connectivity index (χ4v) is 3.16. The number of imidazole rings is 1. The molecule has 4 aromatic rings. The third-order valence-corrected chi connectivity index (χ3v) is 4.71. The van der Waals surface area contributed by atoms with Crippen molar-refractivity contribution in [1.29, 1.82) is 0 Å². The Bertz CT molecular complexity index is 1310. The molecule has 3 aromatic heterocycles. The minimum atomic E-state index is -1.00. The van der Waals surface area contributed by atoms with Crippen LogP contribution in [0.5, 0.6) is 0 Å². The third kappa shape index (κ3) is 3.35. The molecule has 3 heterocycles. The van der Waals surface area contributed by atoms with Crippen LogP contribution in [0.3, 0.4) is 0 Å². The molecule has 0 amide bonds. The van der Waals surface area contributed by atoms with Crippen LogP contribution in [0.4, 0.5) is 26.1 Å². The summed E-state index contributed by atoms with van der Waals surface area (Å²) in [6.45, 7) is 9.11. The van der Waals surface area contributed by atoms with Crippen LogP contribution in [0.2, 0.25) is 5.15 Å². The van der Waals surface area contributed by atoms with Gasteiger partial charge in [-0.3, -0.25) is 0 Å². The number of nitrogen functional groups attached to an aromatic ring is 1. The molecule has 3 N–H and O–H groups in total. The first-order valence-electron chi connectivity index (χ1n) is 8.63. The van der Waals surface area contributed by atoms with E-state index in [0.717, 1.165) is 12.1 Å². The van der Waals surface area contributed by atoms with Crippen LogP contribution in [-0.2, 0) is 0 Å². The van der Waals surface area contributed by atoms with Gasteiger partial charge in [-0.15, -0.1) is 0 Å². The average molecular weight is 427 g/mol. The minimum Gasteiger partial charge on any atom is -0.392 e. The number of aromatic nitrogens is 5. The fraction of sp³-hybridized carbons (Fsp3) is 0.105. The molecule has 1 aromatic carbocycles. The Morgan fingerprint density at radius 3 is 2.73 bits per heavy atom. The maximum absolute atomic E-state index is 13.9. The number of hydrogen-bond acceptors (Lipinski definition) is 6. The standard InChI is InChI=1S/C19H13ClF2N8/c1-9(28-19-17(24-2)18(23)26-8-27-19)11-6-15-25-7-14(20)30(15)29-16(11)10-3-4-12(21)13(22)5-10/h3-9H,1H3,(H3,23,26,27,28)/t9-/m0/s1. The largest absolute Gasteiger partial charge is 0.392 e. The Morgan fingerprint density at radius 2 is 2.00 bits per heavy atom. The zero-order valence-electron chi connectivity index (χ0n) is 15.4. The third-order valence-electron chi connectivity index (χ3n) is 4.46. The van der Waals surface area contributed by atoms with Gasteiger partial charge in [-0.2, -0.15) is 5.10 Å². The minimum absolute atomic E-state index is 0.0455. The molecular weight excluding hydrogens is 414 g/mol. The molecule has 11 heteroatoms. The highest BCUT2D eigenvalue weighted by molar-refractivity contribution is 6.29. The number of halogens is 3. The fourth-order valence-electron chi connectivity index (χ4n) is 2.99. The average Bonchev–Trinajstić information content (AvgIpc) is 3.09. The lowest BCUT2D eigenvalue weighted by Gasteiger charge is -2.19. The van der Waals surface area contributed by atoms with Crippen molar-refractivity contribution in [1.82, 2.24) is 24.6 Å². The van der Waals surface area contributed by atoms with Crippen molar-refractivity contribution < 1.29 is 8.78 Å². The van der Waals surface area contributed by atoms with Crippen molar-refractivity contribution in [3.63, 3.8) is 0 Å². The Labute approximate surface area is 174 Å². The number of nitrogens with zero attached hydrogens (tertiary/aromatic N) is 6. The van der Waals surface area contributed by atoms with E-state index < -0.39 is 17.7 Å². The van der Waals surface area contributed by atoms with Crippen molar-refractivity contribution in [3.8, 4) is 11.3 Å². The Morgan fingerprint density at radius 1 is 1.20 bits per heavy atom. The van der Waals surface area contributed by atoms with Gasteiger partial charge < -0.3 is 11.1 Å². The molecule has 0 unspecified atom stereocenters. The molecule has 0 saturated carbocycles. The maximum atomic E-state index is 13.9. The van der Waals surface area contributed by atoms with Gasteiger partial charge in [-0.25, -0.2) is 33.1 Å². The molecule has 0 saturated heterocycles. The van der Waals surface area contributed by atoms with Crippen LogP contribution in [0, 0.1) is 18.2 Å². The lowest BCUT2D eigenvalue weighted by molar-refractivity contribution is 0.509. The number of nitrogens with two attached hydrogens (primary N) is 1. The number of hydrogen-bond donors (Lipinski definition) is 2. The Kier molecular flexibility index (Phi) is 4.89. The Balaban J connectivity index is 1.86. The van der Waals surface area contributed by atoms with Crippen LogP contribution >= 0.6 is 11.6 Å². The summed E-state index contributed by atoms with van der Waals surface area (Å²) in [6, 6.07) is 4.75. The second-order valence-electron chi connectivity index (χ2n) is 6.36. The van der Waals surface area contributed by atoms with E-state index in [-0.39, 0.29) is 22.5 Å². The number of nitrogens with one attached hydrogen (secondary N) is 1. The number of anilines is 2. The molecule has 0 bridgehead atoms. The highest BCUT2D eigenvalue weighted by Crippen LogP contribution is 2.34. The van der Waals surface area contributed by atoms with E-state index >= 15 is 0 Å². The molecule has 0 spiro atoms. The van der Waals surface area contributed by atoms with Gasteiger partial charge >= 0.3 is 0 Å². The van der Waals surface area contributed by atoms with E-state index in [1.807, 2.05) is 0 Å². The van der Waals surface area contributed by atoms with E-state index in [1.54, 1.807) is 13.0 Å². The summed E-state index contributed by atoms with van der Waals surface area (Å²) in [5.74, 6) is -1.69. The van der Waals surface area contributed by atoms with Gasteiger partial charge in [0, 0.05) is 11.1 Å². The maximum Gasteiger partial charge on any atom is 0.268 e. The Hall–Kier alpha value is -3.84. The van der Waals surface area contributed by atoms with Crippen LogP contribution in [0.15, 0.2) is 36.8 Å². The second kappa shape index (κ2) is 7.53. The SMILES string of the molecule is [C-]#[N+]c1c(N)ncnc1N[C@@H](C)c1cc2ncc(Cl)n2nc1-c1ccc(F)c(F)c1. The predicted octanol–water partition coefficient (Wildman–Crippen LogP) is 4.42. The second-order valence-corrected chi connectivity index (χ2v) is 6.75. The highest BCUT2D eigenvalue weighted by atomic mass is 35.5. The van der Waals surface area contributed by atoms with Gasteiger partial charge in [0.1, 0.15) is 18.0 Å². The molecule has 0 radical (unpaired) electrons. The first-order valence-corrected chi connectivity index (χ1v) is 9.01. The zero-order chi connectivity index (χ0) is 21.4. The number of benzene rings is 1. The van der Waals surface area contributed by atoms with Gasteiger partial charge in [-0.05, 0) is 31.2 Å². The van der Waals surface area contributed by atoms with Crippen molar-refractivity contribution in [2.45, 2.75) is 13.0 Å². The number of fused-ring (bicyclic) bond motifs is 1. The summed E-state index contributed by atoms with van der Waals surface area (Å²) >= 11 is 6.13. The van der Waals surface area contributed by atoms with Crippen LogP contribution in [-0.4, -0.2) is 24.6 Å². The topological polar surface area (TPSA) is 98.4 Å². The molecule has 150 valence electrons. The zero-order valence-corrected chi connectivity index (χ0v) is 16.2. The summed E-state index contributed by atoms with van der Waals surface area (Å²) in [5, 5.41) is 7.84. The van der Waals surface area contributed by atoms with Crippen molar-refractivity contribution in [2.24, 2.45) is 0 Å². The van der Waals surface area contributed by atoms with Crippen molar-refractivity contribution in [3.05, 3.63) is 70.6 Å². The lowest BCUT2D eigenvalue weighted by Crippen LogP contribution is -2.12. The molecule has 0 aliphatic rings. The van der Waals surface area contributed by atoms with Gasteiger partial charge in [-0.1, -0.05) is 11.6 Å². The smallest absolute Gasteiger partial charge is 0.268 e. The van der Waals surface area contributed by atoms with Crippen LogP contribution < -0.4 is 11.1 Å². The molecule has 0 aliphatic carbocycles. The van der Waals surface area contributed by atoms with E-state index in [2.05, 4.69) is 30.2 Å². The highest BCUT2D eigenvalue weighted by Gasteiger charge is 2.20. The summed E-state index contributed by atoms with van der Waals surface area (Å²) in [6.07, 6.45) is 2.67. The van der Waals surface area contributed by atoms with E-state index in [0.29, 0.717) is 22.5 Å². The quantitative estimate of drug-likeness (QED) is 0.468. The van der Waals surface area contributed by atoms with Gasteiger partial charge in [0.2, 0.25) is 0 Å². The predicted molar refractivity (Wildman–Crippen MR) is 108 cm³/mol. The van der Waals surface area contributed by atoms with Crippen LogP contribution in [0.1, 0.15) is 18.5 Å². The van der Waals surface area contributed by atoms with E-state index in [9.17, 15) is 8.78 Å². The molecule has 30 heavy (non-hydrogen) atoms. The molecule has 0 aliphatic heterocycles. The normalized spacial score (nSPS) is 12.0. The monoisotopic (exact) mass is 426 g/mol. The summed E-state index contributed by atoms with van der Waals surface area (Å²) in [5.41, 5.74) is 7.59. The van der Waals surface area contributed by atoms with Gasteiger partial charge in [0.15, 0.2) is 22.4 Å². The van der Waals surface area contributed by atoms with E-state index in [4.69, 9.17) is 23.9 Å². The first-order chi connectivity index (χ1) is 14.4. The molecule has 0 fully saturated rings.